The highest BCUT2D eigenvalue weighted by Gasteiger charge is 2.29. The lowest BCUT2D eigenvalue weighted by Crippen LogP contribution is -2.42. The van der Waals surface area contributed by atoms with E-state index >= 15 is 0 Å². The molecule has 2 aromatic rings. The number of rotatable bonds is 4. The van der Waals surface area contributed by atoms with Gasteiger partial charge in [0.15, 0.2) is 0 Å². The average molecular weight is 313 g/mol. The van der Waals surface area contributed by atoms with E-state index in [1.54, 1.807) is 16.7 Å². The predicted octanol–water partition coefficient (Wildman–Crippen LogP) is 2.34. The number of fused-ring (bicyclic) bond motifs is 1. The lowest BCUT2D eigenvalue weighted by atomic mass is 10.1. The van der Waals surface area contributed by atoms with Gasteiger partial charge in [0.25, 0.3) is 5.56 Å². The van der Waals surface area contributed by atoms with Gasteiger partial charge < -0.3 is 14.0 Å². The molecule has 0 saturated carbocycles. The molecule has 122 valence electrons. The summed E-state index contributed by atoms with van der Waals surface area (Å²) in [4.78, 5) is 26.6. The van der Waals surface area contributed by atoms with Crippen molar-refractivity contribution in [2.45, 2.75) is 45.8 Å². The van der Waals surface area contributed by atoms with Crippen LogP contribution < -0.4 is 5.56 Å². The van der Waals surface area contributed by atoms with Crippen molar-refractivity contribution in [1.29, 1.82) is 0 Å². The van der Waals surface area contributed by atoms with Gasteiger partial charge in [0.2, 0.25) is 5.91 Å². The molecule has 0 aliphatic carbocycles. The van der Waals surface area contributed by atoms with Gasteiger partial charge in [0, 0.05) is 49.7 Å². The summed E-state index contributed by atoms with van der Waals surface area (Å²) in [6.07, 6.45) is 3.34. The molecule has 3 rings (SSSR count). The zero-order chi connectivity index (χ0) is 16.4. The topological polar surface area (TPSA) is 47.2 Å². The minimum Gasteiger partial charge on any atom is -0.348 e. The lowest BCUT2D eigenvalue weighted by molar-refractivity contribution is -0.135. The highest BCUT2D eigenvalue weighted by Crippen LogP contribution is 2.29. The fourth-order valence-electron chi connectivity index (χ4n) is 3.45. The van der Waals surface area contributed by atoms with Gasteiger partial charge in [-0.25, -0.2) is 0 Å². The van der Waals surface area contributed by atoms with Gasteiger partial charge >= 0.3 is 0 Å². The van der Waals surface area contributed by atoms with E-state index in [2.05, 4.69) is 23.8 Å². The molecule has 1 amide bonds. The Bertz CT molecular complexity index is 760. The lowest BCUT2D eigenvalue weighted by Gasteiger charge is -2.36. The molecule has 0 spiro atoms. The first-order valence-electron chi connectivity index (χ1n) is 8.22. The third-order valence-corrected chi connectivity index (χ3v) is 4.69. The van der Waals surface area contributed by atoms with Crippen LogP contribution in [0.25, 0.3) is 0 Å². The molecule has 3 heterocycles. The molecule has 1 unspecified atom stereocenters. The molecule has 23 heavy (non-hydrogen) atoms. The molecular weight excluding hydrogens is 290 g/mol. The van der Waals surface area contributed by atoms with Gasteiger partial charge in [-0.15, -0.1) is 0 Å². The molecule has 0 radical (unpaired) electrons. The summed E-state index contributed by atoms with van der Waals surface area (Å²) in [5.74, 6) is 0.124. The van der Waals surface area contributed by atoms with Gasteiger partial charge in [-0.2, -0.15) is 0 Å². The maximum atomic E-state index is 12.7. The Labute approximate surface area is 136 Å². The van der Waals surface area contributed by atoms with E-state index < -0.39 is 0 Å². The Morgan fingerprint density at radius 3 is 2.78 bits per heavy atom. The van der Waals surface area contributed by atoms with E-state index in [9.17, 15) is 9.59 Å². The van der Waals surface area contributed by atoms with Crippen molar-refractivity contribution >= 4 is 5.91 Å². The Kier molecular flexibility index (Phi) is 4.37. The standard InChI is InChI=1S/C18H23N3O2/c1-3-15-16-7-5-10-19(16)12-13-21(15)18(23)9-11-20-14(2)6-4-8-17(20)22/h4-8,10,15H,3,9,11-13H2,1-2H3. The van der Waals surface area contributed by atoms with E-state index in [0.717, 1.165) is 25.2 Å². The second-order valence-electron chi connectivity index (χ2n) is 6.04. The number of carbonyl (C=O) groups excluding carboxylic acids is 1. The highest BCUT2D eigenvalue weighted by molar-refractivity contribution is 5.76. The molecule has 1 aliphatic rings. The van der Waals surface area contributed by atoms with E-state index in [-0.39, 0.29) is 17.5 Å². The first-order chi connectivity index (χ1) is 11.1. The van der Waals surface area contributed by atoms with Crippen molar-refractivity contribution in [3.8, 4) is 0 Å². The normalized spacial score (nSPS) is 17.1. The maximum Gasteiger partial charge on any atom is 0.250 e. The second kappa shape index (κ2) is 6.44. The van der Waals surface area contributed by atoms with E-state index in [1.165, 1.54) is 5.69 Å². The summed E-state index contributed by atoms with van der Waals surface area (Å²) in [6.45, 7) is 6.03. The van der Waals surface area contributed by atoms with E-state index in [4.69, 9.17) is 0 Å². The summed E-state index contributed by atoms with van der Waals surface area (Å²) < 4.78 is 3.90. The number of pyridine rings is 1. The molecule has 0 aromatic carbocycles. The molecule has 1 atom stereocenters. The minimum absolute atomic E-state index is 0.0441. The fourth-order valence-corrected chi connectivity index (χ4v) is 3.45. The molecule has 0 N–H and O–H groups in total. The van der Waals surface area contributed by atoms with Crippen molar-refractivity contribution < 1.29 is 4.79 Å². The van der Waals surface area contributed by atoms with Crippen LogP contribution in [0.1, 0.15) is 37.2 Å². The zero-order valence-corrected chi connectivity index (χ0v) is 13.7. The number of hydrogen-bond donors (Lipinski definition) is 0. The van der Waals surface area contributed by atoms with Gasteiger partial charge in [0.05, 0.1) is 6.04 Å². The van der Waals surface area contributed by atoms with Crippen molar-refractivity contribution in [3.63, 3.8) is 0 Å². The first kappa shape index (κ1) is 15.6. The fraction of sp³-hybridized carbons (Fsp3) is 0.444. The van der Waals surface area contributed by atoms with Crippen molar-refractivity contribution in [3.05, 3.63) is 58.3 Å². The summed E-state index contributed by atoms with van der Waals surface area (Å²) in [6, 6.07) is 9.47. The smallest absolute Gasteiger partial charge is 0.250 e. The number of aryl methyl sites for hydroxylation is 1. The number of aromatic nitrogens is 2. The van der Waals surface area contributed by atoms with Crippen LogP contribution in [0, 0.1) is 6.92 Å². The Morgan fingerprint density at radius 2 is 2.04 bits per heavy atom. The maximum absolute atomic E-state index is 12.7. The third-order valence-electron chi connectivity index (χ3n) is 4.69. The number of nitrogens with zero attached hydrogens (tertiary/aromatic N) is 3. The number of carbonyl (C=O) groups is 1. The Morgan fingerprint density at radius 1 is 1.22 bits per heavy atom. The predicted molar refractivity (Wildman–Crippen MR) is 89.2 cm³/mol. The molecule has 0 bridgehead atoms. The largest absolute Gasteiger partial charge is 0.348 e. The second-order valence-corrected chi connectivity index (χ2v) is 6.04. The minimum atomic E-state index is -0.0441. The van der Waals surface area contributed by atoms with Crippen LogP contribution in [-0.2, 0) is 17.9 Å². The molecule has 5 nitrogen and oxygen atoms in total. The monoisotopic (exact) mass is 313 g/mol. The van der Waals surface area contributed by atoms with Gasteiger partial charge in [-0.05, 0) is 31.5 Å². The van der Waals surface area contributed by atoms with Gasteiger partial charge in [0.1, 0.15) is 0 Å². The molecule has 5 heteroatoms. The van der Waals surface area contributed by atoms with Crippen LogP contribution >= 0.6 is 0 Å². The molecular formula is C18H23N3O2. The SMILES string of the molecule is CCC1c2cccn2CCN1C(=O)CCn1c(C)cccc1=O. The first-order valence-corrected chi connectivity index (χ1v) is 8.22. The van der Waals surface area contributed by atoms with Crippen molar-refractivity contribution in [2.75, 3.05) is 6.54 Å². The molecule has 0 fully saturated rings. The molecule has 2 aromatic heterocycles. The average Bonchev–Trinajstić information content (AvgIpc) is 3.01. The summed E-state index contributed by atoms with van der Waals surface area (Å²) in [5, 5.41) is 0. The number of hydrogen-bond acceptors (Lipinski definition) is 2. The Balaban J connectivity index is 1.73. The van der Waals surface area contributed by atoms with Crippen molar-refractivity contribution in [2.24, 2.45) is 0 Å². The van der Waals surface area contributed by atoms with Crippen LogP contribution in [0.15, 0.2) is 41.3 Å². The van der Waals surface area contributed by atoms with Crippen LogP contribution in [-0.4, -0.2) is 26.5 Å². The van der Waals surface area contributed by atoms with Crippen molar-refractivity contribution in [1.82, 2.24) is 14.0 Å². The molecule has 1 aliphatic heterocycles. The zero-order valence-electron chi connectivity index (χ0n) is 13.7. The van der Waals surface area contributed by atoms with Crippen LogP contribution in [0.2, 0.25) is 0 Å². The van der Waals surface area contributed by atoms with E-state index in [1.807, 2.05) is 24.0 Å². The highest BCUT2D eigenvalue weighted by atomic mass is 16.2. The Hall–Kier alpha value is -2.30. The van der Waals surface area contributed by atoms with Crippen LogP contribution in [0.4, 0.5) is 0 Å². The summed E-state index contributed by atoms with van der Waals surface area (Å²) in [5.41, 5.74) is 2.06. The summed E-state index contributed by atoms with van der Waals surface area (Å²) in [7, 11) is 0. The van der Waals surface area contributed by atoms with Crippen LogP contribution in [0.3, 0.4) is 0 Å². The summed E-state index contributed by atoms with van der Waals surface area (Å²) >= 11 is 0. The quantitative estimate of drug-likeness (QED) is 0.870. The van der Waals surface area contributed by atoms with Gasteiger partial charge in [-0.3, -0.25) is 9.59 Å². The molecule has 0 saturated heterocycles. The third kappa shape index (κ3) is 2.96. The van der Waals surface area contributed by atoms with Gasteiger partial charge in [-0.1, -0.05) is 13.0 Å². The van der Waals surface area contributed by atoms with E-state index in [0.29, 0.717) is 13.0 Å². The number of amides is 1. The van der Waals surface area contributed by atoms with Crippen LogP contribution in [0.5, 0.6) is 0 Å².